The van der Waals surface area contributed by atoms with E-state index in [4.69, 9.17) is 9.47 Å². The number of carbonyl (C=O) groups excluding carboxylic acids is 2. The van der Waals surface area contributed by atoms with Crippen molar-refractivity contribution in [3.05, 3.63) is 17.0 Å². The molecule has 28 heavy (non-hydrogen) atoms. The maximum atomic E-state index is 12.9. The van der Waals surface area contributed by atoms with Crippen LogP contribution < -0.4 is 0 Å². The van der Waals surface area contributed by atoms with Gasteiger partial charge in [0, 0.05) is 31.1 Å². The van der Waals surface area contributed by atoms with Gasteiger partial charge in [0.05, 0.1) is 32.2 Å². The molecule has 0 aliphatic carbocycles. The van der Waals surface area contributed by atoms with Crippen LogP contribution in [0, 0.1) is 5.92 Å². The number of nitrogens with zero attached hydrogens (tertiary/aromatic N) is 2. The predicted molar refractivity (Wildman–Crippen MR) is 104 cm³/mol. The first-order valence-corrected chi connectivity index (χ1v) is 11.8. The van der Waals surface area contributed by atoms with Crippen molar-refractivity contribution < 1.29 is 27.5 Å². The molecule has 3 heterocycles. The van der Waals surface area contributed by atoms with E-state index in [1.165, 1.54) is 4.31 Å². The lowest BCUT2D eigenvalue weighted by Crippen LogP contribution is -2.41. The summed E-state index contributed by atoms with van der Waals surface area (Å²) in [7, 11) is -3.61. The molecular formula is C18H26N2O6S2. The minimum absolute atomic E-state index is 0.00986. The minimum atomic E-state index is -3.61. The van der Waals surface area contributed by atoms with E-state index in [0.29, 0.717) is 58.8 Å². The summed E-state index contributed by atoms with van der Waals surface area (Å²) in [6, 6.07) is 3.28. The predicted octanol–water partition coefficient (Wildman–Crippen LogP) is 1.11. The second-order valence-electron chi connectivity index (χ2n) is 6.82. The molecule has 1 amide bonds. The first kappa shape index (κ1) is 21.2. The van der Waals surface area contributed by atoms with Crippen LogP contribution in [0.1, 0.15) is 24.6 Å². The number of rotatable bonds is 6. The fourth-order valence-corrected chi connectivity index (χ4v) is 6.36. The molecule has 156 valence electrons. The number of hydrogen-bond donors (Lipinski definition) is 0. The average Bonchev–Trinajstić information content (AvgIpc) is 3.18. The number of sulfonamides is 1. The molecule has 0 radical (unpaired) electrons. The molecule has 2 aliphatic heterocycles. The number of carbonyl (C=O) groups is 2. The molecular weight excluding hydrogens is 404 g/mol. The number of esters is 1. The van der Waals surface area contributed by atoms with Crippen LogP contribution in [-0.4, -0.2) is 75.5 Å². The lowest BCUT2D eigenvalue weighted by atomic mass is 9.98. The number of hydrogen-bond acceptors (Lipinski definition) is 7. The molecule has 0 unspecified atom stereocenters. The highest BCUT2D eigenvalue weighted by atomic mass is 32.2. The fourth-order valence-electron chi connectivity index (χ4n) is 3.38. The number of ether oxygens (including phenoxy) is 2. The highest BCUT2D eigenvalue weighted by Crippen LogP contribution is 2.29. The molecule has 1 aromatic rings. The molecule has 0 bridgehead atoms. The summed E-state index contributed by atoms with van der Waals surface area (Å²) in [5.41, 5.74) is 0. The molecule has 8 nitrogen and oxygen atoms in total. The van der Waals surface area contributed by atoms with Gasteiger partial charge in [0.2, 0.25) is 5.91 Å². The van der Waals surface area contributed by atoms with E-state index >= 15 is 0 Å². The van der Waals surface area contributed by atoms with Gasteiger partial charge >= 0.3 is 5.97 Å². The van der Waals surface area contributed by atoms with Crippen molar-refractivity contribution in [3.8, 4) is 0 Å². The van der Waals surface area contributed by atoms with Crippen molar-refractivity contribution >= 4 is 33.2 Å². The van der Waals surface area contributed by atoms with E-state index in [1.54, 1.807) is 24.0 Å². The molecule has 0 saturated carbocycles. The zero-order chi connectivity index (χ0) is 20.1. The highest BCUT2D eigenvalue weighted by molar-refractivity contribution is 7.91. The highest BCUT2D eigenvalue weighted by Gasteiger charge is 2.33. The lowest BCUT2D eigenvalue weighted by Gasteiger charge is -2.29. The summed E-state index contributed by atoms with van der Waals surface area (Å²) in [5.74, 6) is -0.500. The summed E-state index contributed by atoms with van der Waals surface area (Å²) in [4.78, 5) is 26.7. The quantitative estimate of drug-likeness (QED) is 0.628. The Kier molecular flexibility index (Phi) is 7.08. The second kappa shape index (κ2) is 9.34. The average molecular weight is 431 g/mol. The third-order valence-electron chi connectivity index (χ3n) is 4.99. The molecule has 0 N–H and O–H groups in total. The summed E-state index contributed by atoms with van der Waals surface area (Å²) >= 11 is 1.14. The minimum Gasteiger partial charge on any atom is -0.466 e. The van der Waals surface area contributed by atoms with Crippen molar-refractivity contribution in [3.63, 3.8) is 0 Å². The van der Waals surface area contributed by atoms with Crippen molar-refractivity contribution in [1.29, 1.82) is 0 Å². The maximum absolute atomic E-state index is 12.9. The van der Waals surface area contributed by atoms with E-state index in [-0.39, 0.29) is 28.4 Å². The zero-order valence-corrected chi connectivity index (χ0v) is 17.6. The molecule has 2 saturated heterocycles. The Hall–Kier alpha value is -1.49. The Bertz CT molecular complexity index is 793. The Labute approximate surface area is 169 Å². The van der Waals surface area contributed by atoms with Crippen molar-refractivity contribution in [2.75, 3.05) is 46.0 Å². The van der Waals surface area contributed by atoms with E-state index in [1.807, 2.05) is 0 Å². The first-order valence-electron chi connectivity index (χ1n) is 9.53. The fraction of sp³-hybridized carbons (Fsp3) is 0.667. The van der Waals surface area contributed by atoms with Gasteiger partial charge in [-0.25, -0.2) is 8.42 Å². The van der Waals surface area contributed by atoms with Gasteiger partial charge in [0.1, 0.15) is 4.21 Å². The summed E-state index contributed by atoms with van der Waals surface area (Å²) in [6.45, 7) is 4.91. The van der Waals surface area contributed by atoms with Crippen LogP contribution in [0.2, 0.25) is 0 Å². The molecule has 10 heteroatoms. The van der Waals surface area contributed by atoms with E-state index < -0.39 is 10.0 Å². The standard InChI is InChI=1S/C18H26N2O6S2/c1-2-26-18(22)14-5-7-20(8-6-14)28(23,24)17-4-3-15(27-17)13-16(21)19-9-11-25-12-10-19/h3-4,14H,2,5-13H2,1H3. The SMILES string of the molecule is CCOC(=O)C1CCN(S(=O)(=O)c2ccc(CC(=O)N3CCOCC3)s2)CC1. The van der Waals surface area contributed by atoms with Crippen molar-refractivity contribution in [2.24, 2.45) is 5.92 Å². The molecule has 0 spiro atoms. The van der Waals surface area contributed by atoms with Gasteiger partial charge in [-0.05, 0) is 31.9 Å². The van der Waals surface area contributed by atoms with E-state index in [2.05, 4.69) is 0 Å². The molecule has 0 aromatic carbocycles. The van der Waals surface area contributed by atoms with Crippen molar-refractivity contribution in [2.45, 2.75) is 30.4 Å². The van der Waals surface area contributed by atoms with Crippen LogP contribution in [0.3, 0.4) is 0 Å². The Morgan fingerprint density at radius 1 is 1.18 bits per heavy atom. The Morgan fingerprint density at radius 3 is 2.50 bits per heavy atom. The van der Waals surface area contributed by atoms with Crippen LogP contribution in [0.5, 0.6) is 0 Å². The van der Waals surface area contributed by atoms with E-state index in [0.717, 1.165) is 16.2 Å². The van der Waals surface area contributed by atoms with Gasteiger partial charge in [-0.3, -0.25) is 9.59 Å². The topological polar surface area (TPSA) is 93.2 Å². The normalized spacial score (nSPS) is 19.5. The van der Waals surface area contributed by atoms with Gasteiger partial charge < -0.3 is 14.4 Å². The summed E-state index contributed by atoms with van der Waals surface area (Å²) < 4.78 is 37.7. The number of piperidine rings is 1. The summed E-state index contributed by atoms with van der Waals surface area (Å²) in [6.07, 6.45) is 1.13. The smallest absolute Gasteiger partial charge is 0.309 e. The summed E-state index contributed by atoms with van der Waals surface area (Å²) in [5, 5.41) is 0. The second-order valence-corrected chi connectivity index (χ2v) is 10.2. The monoisotopic (exact) mass is 430 g/mol. The zero-order valence-electron chi connectivity index (χ0n) is 16.0. The van der Waals surface area contributed by atoms with Crippen LogP contribution in [0.15, 0.2) is 16.3 Å². The number of thiophene rings is 1. The Morgan fingerprint density at radius 2 is 1.86 bits per heavy atom. The van der Waals surface area contributed by atoms with Gasteiger partial charge in [-0.1, -0.05) is 0 Å². The largest absolute Gasteiger partial charge is 0.466 e. The van der Waals surface area contributed by atoms with Crippen LogP contribution in [-0.2, 0) is 35.5 Å². The van der Waals surface area contributed by atoms with Gasteiger partial charge in [0.25, 0.3) is 10.0 Å². The van der Waals surface area contributed by atoms with Gasteiger partial charge in [-0.15, -0.1) is 11.3 Å². The van der Waals surface area contributed by atoms with Crippen molar-refractivity contribution in [1.82, 2.24) is 9.21 Å². The number of amides is 1. The maximum Gasteiger partial charge on any atom is 0.309 e. The molecule has 2 fully saturated rings. The van der Waals surface area contributed by atoms with Gasteiger partial charge in [0.15, 0.2) is 0 Å². The molecule has 0 atom stereocenters. The van der Waals surface area contributed by atoms with E-state index in [9.17, 15) is 18.0 Å². The number of morpholine rings is 1. The molecule has 2 aliphatic rings. The van der Waals surface area contributed by atoms with Crippen LogP contribution >= 0.6 is 11.3 Å². The molecule has 1 aromatic heterocycles. The Balaban J connectivity index is 1.59. The van der Waals surface area contributed by atoms with Crippen LogP contribution in [0.4, 0.5) is 0 Å². The first-order chi connectivity index (χ1) is 13.4. The molecule has 3 rings (SSSR count). The lowest BCUT2D eigenvalue weighted by molar-refractivity contribution is -0.149. The van der Waals surface area contributed by atoms with Crippen LogP contribution in [0.25, 0.3) is 0 Å². The third-order valence-corrected chi connectivity index (χ3v) is 8.45. The third kappa shape index (κ3) is 4.91. The van der Waals surface area contributed by atoms with Gasteiger partial charge in [-0.2, -0.15) is 4.31 Å².